The molecule has 20 heavy (non-hydrogen) atoms. The van der Waals surface area contributed by atoms with E-state index in [0.29, 0.717) is 11.2 Å². The second-order valence-electron chi connectivity index (χ2n) is 6.31. The molecule has 3 rings (SSSR count). The van der Waals surface area contributed by atoms with Crippen LogP contribution in [0.2, 0.25) is 0 Å². The zero-order valence-electron chi connectivity index (χ0n) is 12.7. The van der Waals surface area contributed by atoms with E-state index in [-0.39, 0.29) is 0 Å². The van der Waals surface area contributed by atoms with Gasteiger partial charge in [-0.15, -0.1) is 0 Å². The molecule has 0 atom stereocenters. The van der Waals surface area contributed by atoms with E-state index in [2.05, 4.69) is 35.3 Å². The highest BCUT2D eigenvalue weighted by atomic mass is 15.1. The van der Waals surface area contributed by atoms with Crippen molar-refractivity contribution >= 4 is 16.9 Å². The van der Waals surface area contributed by atoms with Crippen LogP contribution in [0.3, 0.4) is 0 Å². The molecular formula is C16H24N4. The van der Waals surface area contributed by atoms with E-state index in [1.54, 1.807) is 6.33 Å². The Morgan fingerprint density at radius 3 is 2.60 bits per heavy atom. The summed E-state index contributed by atoms with van der Waals surface area (Å²) in [7, 11) is 0. The van der Waals surface area contributed by atoms with E-state index in [9.17, 15) is 0 Å². The second kappa shape index (κ2) is 4.76. The first kappa shape index (κ1) is 13.4. The summed E-state index contributed by atoms with van der Waals surface area (Å²) in [6, 6.07) is 0. The lowest BCUT2D eigenvalue weighted by atomic mass is 9.83. The predicted octanol–water partition coefficient (Wildman–Crippen LogP) is 3.60. The van der Waals surface area contributed by atoms with E-state index < -0.39 is 0 Å². The van der Waals surface area contributed by atoms with E-state index in [0.717, 1.165) is 17.6 Å². The number of nitrogens with zero attached hydrogens (tertiary/aromatic N) is 3. The van der Waals surface area contributed by atoms with Gasteiger partial charge in [0, 0.05) is 12.2 Å². The van der Waals surface area contributed by atoms with Crippen LogP contribution in [0.15, 0.2) is 6.33 Å². The molecule has 1 aliphatic carbocycles. The highest BCUT2D eigenvalue weighted by molar-refractivity contribution is 5.90. The lowest BCUT2D eigenvalue weighted by molar-refractivity contribution is 0.239. The van der Waals surface area contributed by atoms with Gasteiger partial charge in [-0.05, 0) is 44.1 Å². The topological polar surface area (TPSA) is 56.7 Å². The van der Waals surface area contributed by atoms with Crippen molar-refractivity contribution in [1.82, 2.24) is 14.5 Å². The third kappa shape index (κ3) is 1.89. The molecule has 0 bridgehead atoms. The van der Waals surface area contributed by atoms with Crippen LogP contribution < -0.4 is 5.73 Å². The second-order valence-corrected chi connectivity index (χ2v) is 6.31. The Balaban J connectivity index is 2.12. The molecule has 4 heteroatoms. The Kier molecular flexibility index (Phi) is 3.19. The fourth-order valence-electron chi connectivity index (χ4n) is 3.77. The van der Waals surface area contributed by atoms with Gasteiger partial charge in [0.15, 0.2) is 0 Å². The molecule has 1 saturated carbocycles. The number of nitrogens with two attached hydrogens (primary N) is 1. The highest BCUT2D eigenvalue weighted by Gasteiger charge is 2.33. The number of fused-ring (bicyclic) bond motifs is 1. The normalized spacial score (nSPS) is 17.9. The zero-order valence-corrected chi connectivity index (χ0v) is 12.7. The Hall–Kier alpha value is -1.58. The van der Waals surface area contributed by atoms with Gasteiger partial charge >= 0.3 is 0 Å². The number of rotatable bonds is 3. The number of hydrogen-bond acceptors (Lipinski definition) is 3. The Morgan fingerprint density at radius 2 is 1.95 bits per heavy atom. The summed E-state index contributed by atoms with van der Waals surface area (Å²) in [6.07, 6.45) is 8.22. The van der Waals surface area contributed by atoms with Gasteiger partial charge in [-0.2, -0.15) is 0 Å². The fraction of sp³-hybridized carbons (Fsp3) is 0.625. The van der Waals surface area contributed by atoms with Crippen molar-refractivity contribution in [3.05, 3.63) is 17.6 Å². The minimum Gasteiger partial charge on any atom is -0.383 e. The molecule has 1 fully saturated rings. The summed E-state index contributed by atoms with van der Waals surface area (Å²) >= 11 is 0. The summed E-state index contributed by atoms with van der Waals surface area (Å²) in [5.41, 5.74) is 10.0. The molecule has 0 spiro atoms. The molecule has 0 saturated heterocycles. The minimum atomic E-state index is 0.447. The molecule has 0 unspecified atom stereocenters. The van der Waals surface area contributed by atoms with Crippen LogP contribution in [-0.4, -0.2) is 14.5 Å². The maximum absolute atomic E-state index is 6.05. The number of anilines is 1. The third-order valence-corrected chi connectivity index (χ3v) is 5.34. The average molecular weight is 272 g/mol. The molecule has 4 nitrogen and oxygen atoms in total. The van der Waals surface area contributed by atoms with Gasteiger partial charge in [-0.3, -0.25) is 0 Å². The van der Waals surface area contributed by atoms with E-state index >= 15 is 0 Å². The molecule has 0 aliphatic heterocycles. The van der Waals surface area contributed by atoms with Crippen LogP contribution in [0.1, 0.15) is 50.3 Å². The summed E-state index contributed by atoms with van der Waals surface area (Å²) in [6.45, 7) is 7.69. The van der Waals surface area contributed by atoms with Gasteiger partial charge in [0.2, 0.25) is 0 Å². The first-order chi connectivity index (χ1) is 9.58. The van der Waals surface area contributed by atoms with E-state index in [1.807, 2.05) is 0 Å². The van der Waals surface area contributed by atoms with Crippen molar-refractivity contribution in [3.8, 4) is 0 Å². The van der Waals surface area contributed by atoms with Crippen LogP contribution in [0.25, 0.3) is 11.0 Å². The first-order valence-corrected chi connectivity index (χ1v) is 7.64. The van der Waals surface area contributed by atoms with Gasteiger partial charge in [-0.25, -0.2) is 9.97 Å². The molecule has 2 aromatic rings. The molecule has 1 aliphatic rings. The standard InChI is InChI=1S/C16H24N4/c1-4-16(7-5-6-8-16)9-20-12(3)11(2)13-14(17)18-10-19-15(13)20/h10H,4-9H2,1-3H3,(H2,17,18,19). The lowest BCUT2D eigenvalue weighted by Crippen LogP contribution is -2.23. The summed E-state index contributed by atoms with van der Waals surface area (Å²) in [5, 5.41) is 1.04. The van der Waals surface area contributed by atoms with Gasteiger partial charge in [0.1, 0.15) is 17.8 Å². The molecule has 108 valence electrons. The summed E-state index contributed by atoms with van der Waals surface area (Å²) in [4.78, 5) is 8.65. The summed E-state index contributed by atoms with van der Waals surface area (Å²) in [5.74, 6) is 0.603. The van der Waals surface area contributed by atoms with Crippen molar-refractivity contribution < 1.29 is 0 Å². The molecule has 2 aromatic heterocycles. The number of aryl methyl sites for hydroxylation is 1. The number of nitrogen functional groups attached to an aromatic ring is 1. The van der Waals surface area contributed by atoms with Gasteiger partial charge in [-0.1, -0.05) is 19.8 Å². The van der Waals surface area contributed by atoms with Gasteiger partial charge < -0.3 is 10.3 Å². The predicted molar refractivity (Wildman–Crippen MR) is 82.6 cm³/mol. The van der Waals surface area contributed by atoms with Crippen LogP contribution in [0.4, 0.5) is 5.82 Å². The van der Waals surface area contributed by atoms with Crippen molar-refractivity contribution in [2.45, 2.75) is 59.4 Å². The quantitative estimate of drug-likeness (QED) is 0.928. The number of hydrogen-bond donors (Lipinski definition) is 1. The molecule has 0 aromatic carbocycles. The largest absolute Gasteiger partial charge is 0.383 e. The van der Waals surface area contributed by atoms with Crippen molar-refractivity contribution in [1.29, 1.82) is 0 Å². The Morgan fingerprint density at radius 1 is 1.25 bits per heavy atom. The maximum Gasteiger partial charge on any atom is 0.145 e. The van der Waals surface area contributed by atoms with Crippen LogP contribution in [-0.2, 0) is 6.54 Å². The molecule has 2 N–H and O–H groups in total. The van der Waals surface area contributed by atoms with Crippen molar-refractivity contribution in [2.24, 2.45) is 5.41 Å². The molecule has 2 heterocycles. The first-order valence-electron chi connectivity index (χ1n) is 7.64. The molecular weight excluding hydrogens is 248 g/mol. The van der Waals surface area contributed by atoms with E-state index in [1.165, 1.54) is 43.4 Å². The maximum atomic E-state index is 6.05. The SMILES string of the molecule is CCC1(Cn2c(C)c(C)c3c(N)ncnc32)CCCC1. The molecule has 0 amide bonds. The van der Waals surface area contributed by atoms with E-state index in [4.69, 9.17) is 5.73 Å². The monoisotopic (exact) mass is 272 g/mol. The number of aromatic nitrogens is 3. The van der Waals surface area contributed by atoms with Crippen molar-refractivity contribution in [3.63, 3.8) is 0 Å². The van der Waals surface area contributed by atoms with Gasteiger partial charge in [0.25, 0.3) is 0 Å². The Labute approximate surface area is 120 Å². The van der Waals surface area contributed by atoms with Crippen molar-refractivity contribution in [2.75, 3.05) is 5.73 Å². The Bertz CT molecular complexity index is 635. The average Bonchev–Trinajstić information content (AvgIpc) is 3.00. The zero-order chi connectivity index (χ0) is 14.3. The fourth-order valence-corrected chi connectivity index (χ4v) is 3.77. The van der Waals surface area contributed by atoms with Crippen LogP contribution >= 0.6 is 0 Å². The van der Waals surface area contributed by atoms with Crippen LogP contribution in [0, 0.1) is 19.3 Å². The third-order valence-electron chi connectivity index (χ3n) is 5.34. The smallest absolute Gasteiger partial charge is 0.145 e. The van der Waals surface area contributed by atoms with Gasteiger partial charge in [0.05, 0.1) is 5.39 Å². The molecule has 0 radical (unpaired) electrons. The summed E-state index contributed by atoms with van der Waals surface area (Å²) < 4.78 is 2.37. The lowest BCUT2D eigenvalue weighted by Gasteiger charge is -2.29. The van der Waals surface area contributed by atoms with Crippen LogP contribution in [0.5, 0.6) is 0 Å². The minimum absolute atomic E-state index is 0.447. The highest BCUT2D eigenvalue weighted by Crippen LogP contribution is 2.43.